The summed E-state index contributed by atoms with van der Waals surface area (Å²) in [4.78, 5) is 0.395. The Hall–Kier alpha value is -1.39. The Kier molecular flexibility index (Phi) is 3.99. The number of hydrogen-bond acceptors (Lipinski definition) is 2. The molecule has 0 atom stereocenters. The second-order valence-electron chi connectivity index (χ2n) is 3.90. The SMILES string of the molecule is Cc1cc(C(N)=S)ccc1Oc1cccc(Br)c1. The van der Waals surface area contributed by atoms with E-state index >= 15 is 0 Å². The van der Waals surface area contributed by atoms with Gasteiger partial charge in [0.05, 0.1) is 0 Å². The highest BCUT2D eigenvalue weighted by atomic mass is 79.9. The smallest absolute Gasteiger partial charge is 0.130 e. The zero-order chi connectivity index (χ0) is 13.1. The lowest BCUT2D eigenvalue weighted by molar-refractivity contribution is 0.478. The summed E-state index contributed by atoms with van der Waals surface area (Å²) in [6.45, 7) is 1.97. The molecule has 2 rings (SSSR count). The Morgan fingerprint density at radius 2 is 2.00 bits per heavy atom. The van der Waals surface area contributed by atoms with E-state index in [1.165, 1.54) is 0 Å². The number of aryl methyl sites for hydroxylation is 1. The monoisotopic (exact) mass is 321 g/mol. The van der Waals surface area contributed by atoms with Gasteiger partial charge >= 0.3 is 0 Å². The van der Waals surface area contributed by atoms with Crippen LogP contribution in [-0.4, -0.2) is 4.99 Å². The summed E-state index contributed by atoms with van der Waals surface area (Å²) >= 11 is 8.35. The Bertz CT molecular complexity index is 598. The van der Waals surface area contributed by atoms with Crippen molar-refractivity contribution < 1.29 is 4.74 Å². The second kappa shape index (κ2) is 5.50. The molecule has 2 aromatic rings. The van der Waals surface area contributed by atoms with Crippen LogP contribution < -0.4 is 10.5 Å². The van der Waals surface area contributed by atoms with Gasteiger partial charge in [0.25, 0.3) is 0 Å². The fraction of sp³-hybridized carbons (Fsp3) is 0.0714. The highest BCUT2D eigenvalue weighted by Crippen LogP contribution is 2.27. The summed E-state index contributed by atoms with van der Waals surface area (Å²) in [5.41, 5.74) is 7.44. The zero-order valence-electron chi connectivity index (χ0n) is 9.81. The molecule has 4 heteroatoms. The van der Waals surface area contributed by atoms with E-state index < -0.39 is 0 Å². The standard InChI is InChI=1S/C14H12BrNOS/c1-9-7-10(14(16)18)5-6-13(9)17-12-4-2-3-11(15)8-12/h2-8H,1H3,(H2,16,18). The minimum atomic E-state index is 0.395. The molecule has 0 saturated carbocycles. The summed E-state index contributed by atoms with van der Waals surface area (Å²) < 4.78 is 6.79. The predicted octanol–water partition coefficient (Wildman–Crippen LogP) is 4.18. The van der Waals surface area contributed by atoms with Crippen molar-refractivity contribution in [1.29, 1.82) is 0 Å². The van der Waals surface area contributed by atoms with Crippen LogP contribution >= 0.6 is 28.1 Å². The molecule has 0 bridgehead atoms. The third kappa shape index (κ3) is 3.09. The summed E-state index contributed by atoms with van der Waals surface area (Å²) in [6, 6.07) is 13.4. The highest BCUT2D eigenvalue weighted by molar-refractivity contribution is 9.10. The molecule has 2 nitrogen and oxygen atoms in total. The molecule has 0 amide bonds. The van der Waals surface area contributed by atoms with E-state index in [0.717, 1.165) is 27.1 Å². The number of rotatable bonds is 3. The van der Waals surface area contributed by atoms with Crippen LogP contribution in [0.4, 0.5) is 0 Å². The van der Waals surface area contributed by atoms with E-state index in [1.54, 1.807) is 0 Å². The van der Waals surface area contributed by atoms with Gasteiger partial charge in [-0.15, -0.1) is 0 Å². The van der Waals surface area contributed by atoms with Crippen molar-refractivity contribution >= 4 is 33.1 Å². The van der Waals surface area contributed by atoms with Gasteiger partial charge in [-0.05, 0) is 48.9 Å². The molecule has 0 saturated heterocycles. The fourth-order valence-corrected chi connectivity index (χ4v) is 2.08. The number of hydrogen-bond donors (Lipinski definition) is 1. The molecule has 0 spiro atoms. The molecule has 0 unspecified atom stereocenters. The molecule has 0 radical (unpaired) electrons. The first kappa shape index (κ1) is 13.1. The number of ether oxygens (including phenoxy) is 1. The van der Waals surface area contributed by atoms with Crippen LogP contribution in [0.3, 0.4) is 0 Å². The normalized spacial score (nSPS) is 10.1. The number of halogens is 1. The molecule has 0 aliphatic rings. The van der Waals surface area contributed by atoms with E-state index in [-0.39, 0.29) is 0 Å². The van der Waals surface area contributed by atoms with Gasteiger partial charge in [-0.3, -0.25) is 0 Å². The summed E-state index contributed by atoms with van der Waals surface area (Å²) in [6.07, 6.45) is 0. The third-order valence-electron chi connectivity index (χ3n) is 2.48. The average Bonchev–Trinajstić information content (AvgIpc) is 2.31. The van der Waals surface area contributed by atoms with Gasteiger partial charge in [0.15, 0.2) is 0 Å². The number of nitrogens with two attached hydrogens (primary N) is 1. The lowest BCUT2D eigenvalue weighted by Crippen LogP contribution is -2.09. The van der Waals surface area contributed by atoms with Crippen molar-refractivity contribution in [2.24, 2.45) is 5.73 Å². The van der Waals surface area contributed by atoms with Gasteiger partial charge < -0.3 is 10.5 Å². The molecule has 18 heavy (non-hydrogen) atoms. The summed E-state index contributed by atoms with van der Waals surface area (Å²) in [5, 5.41) is 0. The molecule has 2 N–H and O–H groups in total. The van der Waals surface area contributed by atoms with Crippen molar-refractivity contribution in [3.63, 3.8) is 0 Å². The van der Waals surface area contributed by atoms with Crippen LogP contribution in [0.2, 0.25) is 0 Å². The zero-order valence-corrected chi connectivity index (χ0v) is 12.2. The quantitative estimate of drug-likeness (QED) is 0.861. The molecule has 0 heterocycles. The average molecular weight is 322 g/mol. The van der Waals surface area contributed by atoms with Crippen molar-refractivity contribution in [3.8, 4) is 11.5 Å². The van der Waals surface area contributed by atoms with Gasteiger partial charge in [0, 0.05) is 10.0 Å². The maximum Gasteiger partial charge on any atom is 0.130 e. The van der Waals surface area contributed by atoms with E-state index in [2.05, 4.69) is 15.9 Å². The van der Waals surface area contributed by atoms with E-state index in [1.807, 2.05) is 49.4 Å². The van der Waals surface area contributed by atoms with Gasteiger partial charge in [-0.25, -0.2) is 0 Å². The van der Waals surface area contributed by atoms with Gasteiger partial charge in [-0.1, -0.05) is 34.2 Å². The van der Waals surface area contributed by atoms with Crippen LogP contribution in [0.5, 0.6) is 11.5 Å². The molecule has 0 aliphatic carbocycles. The van der Waals surface area contributed by atoms with E-state index in [0.29, 0.717) is 4.99 Å². The molecule has 92 valence electrons. The Morgan fingerprint density at radius 1 is 1.22 bits per heavy atom. The van der Waals surface area contributed by atoms with Gasteiger partial charge in [0.1, 0.15) is 16.5 Å². The molecular formula is C14H12BrNOS. The van der Waals surface area contributed by atoms with Crippen molar-refractivity contribution in [3.05, 3.63) is 58.1 Å². The largest absolute Gasteiger partial charge is 0.457 e. The molecular weight excluding hydrogens is 310 g/mol. The predicted molar refractivity (Wildman–Crippen MR) is 81.3 cm³/mol. The van der Waals surface area contributed by atoms with Crippen molar-refractivity contribution in [2.45, 2.75) is 6.92 Å². The summed E-state index contributed by atoms with van der Waals surface area (Å²) in [5.74, 6) is 1.59. The van der Waals surface area contributed by atoms with Crippen LogP contribution in [0.1, 0.15) is 11.1 Å². The van der Waals surface area contributed by atoms with E-state index in [4.69, 9.17) is 22.7 Å². The topological polar surface area (TPSA) is 35.2 Å². The first-order valence-electron chi connectivity index (χ1n) is 5.40. The fourth-order valence-electron chi connectivity index (χ4n) is 1.57. The summed E-state index contributed by atoms with van der Waals surface area (Å²) in [7, 11) is 0. The molecule has 0 aliphatic heterocycles. The first-order valence-corrected chi connectivity index (χ1v) is 6.60. The first-order chi connectivity index (χ1) is 8.56. The second-order valence-corrected chi connectivity index (χ2v) is 5.26. The lowest BCUT2D eigenvalue weighted by atomic mass is 10.1. The Balaban J connectivity index is 2.27. The van der Waals surface area contributed by atoms with Crippen LogP contribution in [0, 0.1) is 6.92 Å². The van der Waals surface area contributed by atoms with Crippen LogP contribution in [-0.2, 0) is 0 Å². The molecule has 0 aromatic heterocycles. The Labute approximate surface area is 120 Å². The molecule has 0 fully saturated rings. The Morgan fingerprint density at radius 3 is 2.61 bits per heavy atom. The van der Waals surface area contributed by atoms with Gasteiger partial charge in [0.2, 0.25) is 0 Å². The minimum Gasteiger partial charge on any atom is -0.457 e. The van der Waals surface area contributed by atoms with Crippen LogP contribution in [0.15, 0.2) is 46.9 Å². The highest BCUT2D eigenvalue weighted by Gasteiger charge is 2.04. The number of benzene rings is 2. The minimum absolute atomic E-state index is 0.395. The maximum atomic E-state index is 5.81. The van der Waals surface area contributed by atoms with Crippen molar-refractivity contribution in [2.75, 3.05) is 0 Å². The van der Waals surface area contributed by atoms with Gasteiger partial charge in [-0.2, -0.15) is 0 Å². The lowest BCUT2D eigenvalue weighted by Gasteiger charge is -2.10. The number of thiocarbonyl (C=S) groups is 1. The third-order valence-corrected chi connectivity index (χ3v) is 3.21. The van der Waals surface area contributed by atoms with E-state index in [9.17, 15) is 0 Å². The maximum absolute atomic E-state index is 5.81. The van der Waals surface area contributed by atoms with Crippen LogP contribution in [0.25, 0.3) is 0 Å². The molecule has 2 aromatic carbocycles. The van der Waals surface area contributed by atoms with Crippen molar-refractivity contribution in [1.82, 2.24) is 0 Å².